The summed E-state index contributed by atoms with van der Waals surface area (Å²) in [5.74, 6) is -1.21. The molecule has 15 nitrogen and oxygen atoms in total. The lowest BCUT2D eigenvalue weighted by Crippen LogP contribution is -2.23. The summed E-state index contributed by atoms with van der Waals surface area (Å²) in [6, 6.07) is 48.7. The van der Waals surface area contributed by atoms with Gasteiger partial charge in [-0.3, -0.25) is 28.8 Å². The van der Waals surface area contributed by atoms with Gasteiger partial charge in [-0.2, -0.15) is 0 Å². The van der Waals surface area contributed by atoms with Crippen LogP contribution in [0.25, 0.3) is 43.1 Å². The Bertz CT molecular complexity index is 3790. The Labute approximate surface area is 466 Å². The number of rotatable bonds is 11. The monoisotopic (exact) mass is 1090 g/mol. The van der Waals surface area contributed by atoms with Gasteiger partial charge in [0.2, 0.25) is 0 Å². The maximum absolute atomic E-state index is 12.2. The lowest BCUT2D eigenvalue weighted by Gasteiger charge is -2.22. The number of aldehydes is 5. The topological polar surface area (TPSA) is 231 Å². The number of ether oxygens (including phenoxy) is 4. The van der Waals surface area contributed by atoms with Crippen molar-refractivity contribution in [2.75, 3.05) is 6.61 Å². The van der Waals surface area contributed by atoms with E-state index < -0.39 is 24.0 Å². The zero-order valence-corrected chi connectivity index (χ0v) is 45.2. The largest absolute Gasteiger partial charge is 0.488 e. The zero-order chi connectivity index (χ0) is 58.9. The number of esters is 2. The molecule has 0 bridgehead atoms. The Hall–Kier alpha value is -10.2. The maximum atomic E-state index is 12.2. The van der Waals surface area contributed by atoms with E-state index >= 15 is 0 Å². The molecule has 2 N–H and O–H groups in total. The van der Waals surface area contributed by atoms with Crippen molar-refractivity contribution in [3.8, 4) is 11.5 Å². The highest BCUT2D eigenvalue weighted by molar-refractivity contribution is 6.10. The molecular weight excluding hydrogens is 1030 g/mol. The van der Waals surface area contributed by atoms with Gasteiger partial charge < -0.3 is 29.2 Å². The molecule has 1 fully saturated rings. The molecule has 1 aliphatic heterocycles. The molecule has 1 heterocycles. The SMILES string of the molecule is CC(C)(C)Oc1ccc(C=O)c2ccccc12.CC(C)(C)Oc1ccc(C=O)cc1.O=Cc1ccc(C(=O)O)c2ccccc12.O=Cc1ccc(C(=O)OC2COC(=O)C2)c2ccccc12.O=Cc1ccc2cc(C(=O)O)ccc2c1. The average Bonchev–Trinajstić information content (AvgIpc) is 3.93. The van der Waals surface area contributed by atoms with E-state index in [0.29, 0.717) is 54.9 Å². The molecule has 10 rings (SSSR count). The fourth-order valence-corrected chi connectivity index (χ4v) is 8.25. The summed E-state index contributed by atoms with van der Waals surface area (Å²) in [7, 11) is 0. The van der Waals surface area contributed by atoms with Crippen molar-refractivity contribution in [2.45, 2.75) is 65.3 Å². The first-order valence-corrected chi connectivity index (χ1v) is 25.3. The van der Waals surface area contributed by atoms with Crippen LogP contribution in [-0.2, 0) is 14.3 Å². The molecule has 0 saturated carbocycles. The number of carboxylic acid groups (broad SMARTS) is 2. The summed E-state index contributed by atoms with van der Waals surface area (Å²) >= 11 is 0. The normalized spacial score (nSPS) is 12.5. The Kier molecular flexibility index (Phi) is 20.4. The van der Waals surface area contributed by atoms with Crippen molar-refractivity contribution in [3.63, 3.8) is 0 Å². The lowest BCUT2D eigenvalue weighted by atomic mass is 10.0. The van der Waals surface area contributed by atoms with Gasteiger partial charge in [0.25, 0.3) is 0 Å². The first-order chi connectivity index (χ1) is 38.6. The van der Waals surface area contributed by atoms with Gasteiger partial charge in [0, 0.05) is 33.2 Å². The summed E-state index contributed by atoms with van der Waals surface area (Å²) in [6.45, 7) is 12.1. The first kappa shape index (κ1) is 60.1. The van der Waals surface area contributed by atoms with Gasteiger partial charge in [0.15, 0.2) is 18.9 Å². The van der Waals surface area contributed by atoms with Crippen LogP contribution in [0.15, 0.2) is 170 Å². The van der Waals surface area contributed by atoms with Crippen molar-refractivity contribution in [1.29, 1.82) is 0 Å². The third-order valence-electron chi connectivity index (χ3n) is 11.9. The van der Waals surface area contributed by atoms with Crippen LogP contribution in [-0.4, -0.2) is 89.4 Å². The third kappa shape index (κ3) is 16.7. The minimum atomic E-state index is -0.983. The fraction of sp³-hybridized carbons (Fsp3) is 0.167. The van der Waals surface area contributed by atoms with Gasteiger partial charge in [0.1, 0.15) is 48.0 Å². The van der Waals surface area contributed by atoms with Gasteiger partial charge in [-0.1, -0.05) is 103 Å². The van der Waals surface area contributed by atoms with Crippen LogP contribution in [0.1, 0.15) is 131 Å². The van der Waals surface area contributed by atoms with Gasteiger partial charge in [-0.05, 0) is 146 Å². The van der Waals surface area contributed by atoms with Crippen LogP contribution in [0, 0.1) is 0 Å². The molecule has 9 aromatic rings. The number of hydrogen-bond acceptors (Lipinski definition) is 13. The number of benzene rings is 9. The molecular formula is C66H58O15. The number of carbonyl (C=O) groups is 9. The molecule has 0 amide bonds. The molecule has 9 aromatic carbocycles. The van der Waals surface area contributed by atoms with E-state index in [2.05, 4.69) is 0 Å². The smallest absolute Gasteiger partial charge is 0.339 e. The van der Waals surface area contributed by atoms with E-state index in [9.17, 15) is 43.2 Å². The fourth-order valence-electron chi connectivity index (χ4n) is 8.25. The highest BCUT2D eigenvalue weighted by atomic mass is 16.6. The predicted molar refractivity (Wildman–Crippen MR) is 309 cm³/mol. The van der Waals surface area contributed by atoms with E-state index in [4.69, 9.17) is 29.2 Å². The van der Waals surface area contributed by atoms with Gasteiger partial charge in [-0.15, -0.1) is 0 Å². The minimum Gasteiger partial charge on any atom is -0.488 e. The molecule has 0 radical (unpaired) electrons. The number of fused-ring (bicyclic) bond motifs is 4. The summed E-state index contributed by atoms with van der Waals surface area (Å²) in [6.07, 6.45) is 3.48. The Morgan fingerprint density at radius 2 is 0.938 bits per heavy atom. The van der Waals surface area contributed by atoms with Crippen molar-refractivity contribution in [2.24, 2.45) is 0 Å². The minimum absolute atomic E-state index is 0.0795. The molecule has 1 unspecified atom stereocenters. The number of aromatic carboxylic acids is 2. The average molecular weight is 1090 g/mol. The highest BCUT2D eigenvalue weighted by Gasteiger charge is 2.28. The van der Waals surface area contributed by atoms with Crippen molar-refractivity contribution in [1.82, 2.24) is 0 Å². The molecule has 1 atom stereocenters. The number of carbonyl (C=O) groups excluding carboxylic acids is 7. The predicted octanol–water partition coefficient (Wildman–Crippen LogP) is 13.3. The quantitative estimate of drug-likeness (QED) is 0.0906. The molecule has 0 aromatic heterocycles. The van der Waals surface area contributed by atoms with E-state index in [1.165, 1.54) is 18.2 Å². The molecule has 1 saturated heterocycles. The molecule has 0 spiro atoms. The van der Waals surface area contributed by atoms with Crippen LogP contribution < -0.4 is 9.47 Å². The molecule has 0 aliphatic carbocycles. The second kappa shape index (κ2) is 27.4. The Morgan fingerprint density at radius 1 is 0.481 bits per heavy atom. The molecule has 1 aliphatic rings. The van der Waals surface area contributed by atoms with Crippen LogP contribution in [0.2, 0.25) is 0 Å². The summed E-state index contributed by atoms with van der Waals surface area (Å²) < 4.78 is 21.5. The van der Waals surface area contributed by atoms with Crippen LogP contribution in [0.4, 0.5) is 0 Å². The standard InChI is InChI=1S/C16H12O5.C15H16O2.2C12H8O3.C11H14O2/c17-8-10-5-6-14(13-4-2-1-3-12(10)13)16(19)21-11-7-15(18)20-9-11;1-15(2,3)17-14-9-8-11(10-16)12-6-4-5-7-13(12)14;13-7-8-1-2-10-6-11(12(14)15)4-3-9(10)5-8;13-7-8-5-6-11(12(14)15)10-4-2-1-3-9(8)10;1-11(2,3)13-10-6-4-9(8-12)5-7-10/h1-6,8,11H,7,9H2;4-10H,1-3H3;2*1-7H,(H,14,15);4-8H,1-3H3. The first-order valence-electron chi connectivity index (χ1n) is 25.3. The van der Waals surface area contributed by atoms with Crippen LogP contribution in [0.5, 0.6) is 11.5 Å². The van der Waals surface area contributed by atoms with Gasteiger partial charge in [-0.25, -0.2) is 14.4 Å². The Balaban J connectivity index is 0.000000165. The van der Waals surface area contributed by atoms with E-state index in [1.807, 2.05) is 71.9 Å². The van der Waals surface area contributed by atoms with E-state index in [1.54, 1.807) is 121 Å². The van der Waals surface area contributed by atoms with Gasteiger partial charge in [0.05, 0.1) is 23.1 Å². The summed E-state index contributed by atoms with van der Waals surface area (Å²) in [5.41, 5.74) is 3.38. The van der Waals surface area contributed by atoms with Crippen molar-refractivity contribution >= 4 is 98.4 Å². The van der Waals surface area contributed by atoms with Crippen LogP contribution >= 0.6 is 0 Å². The van der Waals surface area contributed by atoms with E-state index in [-0.39, 0.29) is 41.3 Å². The lowest BCUT2D eigenvalue weighted by molar-refractivity contribution is -0.138. The maximum Gasteiger partial charge on any atom is 0.339 e. The highest BCUT2D eigenvalue weighted by Crippen LogP contribution is 2.31. The molecule has 412 valence electrons. The molecule has 81 heavy (non-hydrogen) atoms. The second-order valence-electron chi connectivity index (χ2n) is 20.1. The Morgan fingerprint density at radius 3 is 1.42 bits per heavy atom. The molecule has 15 heteroatoms. The number of cyclic esters (lactones) is 1. The van der Waals surface area contributed by atoms with Crippen LogP contribution in [0.3, 0.4) is 0 Å². The number of carboxylic acids is 2. The number of hydrogen-bond donors (Lipinski definition) is 2. The second-order valence-corrected chi connectivity index (χ2v) is 20.1. The van der Waals surface area contributed by atoms with Crippen molar-refractivity contribution < 1.29 is 72.3 Å². The summed E-state index contributed by atoms with van der Waals surface area (Å²) in [5, 5.41) is 24.0. The summed E-state index contributed by atoms with van der Waals surface area (Å²) in [4.78, 5) is 98.6. The van der Waals surface area contributed by atoms with Gasteiger partial charge >= 0.3 is 23.9 Å². The van der Waals surface area contributed by atoms with Crippen molar-refractivity contribution in [3.05, 3.63) is 214 Å². The third-order valence-corrected chi connectivity index (χ3v) is 11.9. The van der Waals surface area contributed by atoms with E-state index in [0.717, 1.165) is 64.5 Å². The zero-order valence-electron chi connectivity index (χ0n) is 45.2.